The number of anilines is 1. The molecule has 1 fully saturated rings. The van der Waals surface area contributed by atoms with Crippen molar-refractivity contribution in [1.82, 2.24) is 0 Å². The summed E-state index contributed by atoms with van der Waals surface area (Å²) in [5, 5.41) is 6.79. The van der Waals surface area contributed by atoms with Gasteiger partial charge in [0.15, 0.2) is 6.04 Å². The first-order valence-electron chi connectivity index (χ1n) is 14.3. The molecule has 4 aromatic rings. The van der Waals surface area contributed by atoms with Crippen LogP contribution in [0.2, 0.25) is 0 Å². The second-order valence-corrected chi connectivity index (χ2v) is 11.5. The highest BCUT2D eigenvalue weighted by Crippen LogP contribution is 2.43. The molecule has 2 aliphatic rings. The molecule has 1 heterocycles. The van der Waals surface area contributed by atoms with Crippen LogP contribution >= 0.6 is 15.9 Å². The number of hydrogen-bond donors (Lipinski definition) is 0. The Morgan fingerprint density at radius 2 is 1.19 bits per heavy atom. The van der Waals surface area contributed by atoms with Gasteiger partial charge in [-0.3, -0.25) is 5.01 Å². The molecule has 6 rings (SSSR count). The first-order valence-corrected chi connectivity index (χ1v) is 15.1. The number of carbonyl (C=O) groups excluding carboxylic acids is 1. The average molecular weight is 642 g/mol. The predicted molar refractivity (Wildman–Crippen MR) is 168 cm³/mol. The van der Waals surface area contributed by atoms with Gasteiger partial charge in [-0.05, 0) is 41.0 Å². The second-order valence-electron chi connectivity index (χ2n) is 10.6. The Morgan fingerprint density at radius 1 is 0.698 bits per heavy atom. The van der Waals surface area contributed by atoms with Gasteiger partial charge in [-0.2, -0.15) is 5.10 Å². The highest BCUT2D eigenvalue weighted by molar-refractivity contribution is 9.10. The Bertz CT molecular complexity index is 1520. The van der Waals surface area contributed by atoms with Gasteiger partial charge in [0.05, 0.1) is 50.4 Å². The van der Waals surface area contributed by atoms with E-state index in [0.29, 0.717) is 25.5 Å². The molecule has 1 saturated carbocycles. The molecular formula is C35H33BrN2O5. The third-order valence-corrected chi connectivity index (χ3v) is 8.34. The fourth-order valence-corrected chi connectivity index (χ4v) is 6.00. The number of nitrogens with zero attached hydrogens (tertiary/aromatic N) is 2. The van der Waals surface area contributed by atoms with Crippen LogP contribution in [0.25, 0.3) is 0 Å². The summed E-state index contributed by atoms with van der Waals surface area (Å²) in [5.41, 5.74) is 4.57. The Morgan fingerprint density at radius 3 is 1.70 bits per heavy atom. The average Bonchev–Trinajstić information content (AvgIpc) is 3.57. The summed E-state index contributed by atoms with van der Waals surface area (Å²) < 4.78 is 26.2. The Kier molecular flexibility index (Phi) is 9.29. The van der Waals surface area contributed by atoms with Gasteiger partial charge in [0, 0.05) is 4.47 Å². The van der Waals surface area contributed by atoms with Crippen LogP contribution in [-0.4, -0.2) is 43.1 Å². The maximum atomic E-state index is 13.5. The molecular weight excluding hydrogens is 608 g/mol. The van der Waals surface area contributed by atoms with E-state index in [9.17, 15) is 4.79 Å². The van der Waals surface area contributed by atoms with Crippen LogP contribution in [0.3, 0.4) is 0 Å². The molecule has 1 aliphatic heterocycles. The number of esters is 1. The molecule has 8 heteroatoms. The third-order valence-electron chi connectivity index (χ3n) is 7.81. The number of rotatable bonds is 11. The van der Waals surface area contributed by atoms with Crippen LogP contribution in [0.15, 0.2) is 125 Å². The van der Waals surface area contributed by atoms with E-state index in [4.69, 9.17) is 24.0 Å². The van der Waals surface area contributed by atoms with Crippen LogP contribution in [0, 0.1) is 5.92 Å². The summed E-state index contributed by atoms with van der Waals surface area (Å²) in [5.74, 6) is -0.855. The van der Waals surface area contributed by atoms with Crippen molar-refractivity contribution in [1.29, 1.82) is 0 Å². The van der Waals surface area contributed by atoms with Crippen molar-refractivity contribution in [2.75, 3.05) is 12.1 Å². The van der Waals surface area contributed by atoms with Crippen molar-refractivity contribution >= 4 is 33.3 Å². The lowest BCUT2D eigenvalue weighted by molar-refractivity contribution is -0.148. The van der Waals surface area contributed by atoms with Crippen LogP contribution in [0.4, 0.5) is 5.69 Å². The van der Waals surface area contributed by atoms with E-state index in [-0.39, 0.29) is 0 Å². The molecule has 43 heavy (non-hydrogen) atoms. The first-order chi connectivity index (χ1) is 21.1. The normalized spacial score (nSPS) is 22.7. The van der Waals surface area contributed by atoms with E-state index in [0.717, 1.165) is 26.9 Å². The van der Waals surface area contributed by atoms with Crippen molar-refractivity contribution < 1.29 is 23.7 Å². The van der Waals surface area contributed by atoms with Crippen LogP contribution in [0.1, 0.15) is 16.7 Å². The number of methoxy groups -OCH3 is 1. The van der Waals surface area contributed by atoms with Crippen molar-refractivity contribution in [3.05, 3.63) is 136 Å². The fraction of sp³-hybridized carbons (Fsp3) is 0.257. The number of ether oxygens (including phenoxy) is 4. The summed E-state index contributed by atoms with van der Waals surface area (Å²) in [7, 11) is 1.40. The SMILES string of the molecule is COC(=O)[C@@H]1[C@@H]2C(=NN1c1ccc(Br)cc1)[C@H](OCc1ccccc1)[C@@H](OCc1ccccc1)[C@@H]2OCc1ccccc1. The van der Waals surface area contributed by atoms with Crippen LogP contribution < -0.4 is 5.01 Å². The number of benzene rings is 4. The van der Waals surface area contributed by atoms with Gasteiger partial charge >= 0.3 is 5.97 Å². The van der Waals surface area contributed by atoms with Gasteiger partial charge in [0.25, 0.3) is 0 Å². The van der Waals surface area contributed by atoms with Crippen molar-refractivity contribution in [3.63, 3.8) is 0 Å². The third kappa shape index (κ3) is 6.58. The minimum Gasteiger partial charge on any atom is -0.467 e. The molecule has 0 saturated heterocycles. The molecule has 0 radical (unpaired) electrons. The zero-order valence-electron chi connectivity index (χ0n) is 23.8. The van der Waals surface area contributed by atoms with Gasteiger partial charge in [-0.1, -0.05) is 107 Å². The monoisotopic (exact) mass is 640 g/mol. The molecule has 0 unspecified atom stereocenters. The molecule has 5 atom stereocenters. The summed E-state index contributed by atoms with van der Waals surface area (Å²) >= 11 is 3.51. The predicted octanol–water partition coefficient (Wildman–Crippen LogP) is 6.55. The lowest BCUT2D eigenvalue weighted by Gasteiger charge is -2.31. The molecule has 1 aliphatic carbocycles. The van der Waals surface area contributed by atoms with E-state index >= 15 is 0 Å². The zero-order valence-corrected chi connectivity index (χ0v) is 25.4. The molecule has 0 amide bonds. The Labute approximate surface area is 260 Å². The van der Waals surface area contributed by atoms with Crippen LogP contribution in [-0.2, 0) is 43.6 Å². The Hall–Kier alpha value is -3.82. The number of halogens is 1. The first kappa shape index (κ1) is 29.3. The lowest BCUT2D eigenvalue weighted by atomic mass is 9.94. The number of hydrogen-bond acceptors (Lipinski definition) is 7. The second kappa shape index (κ2) is 13.7. The van der Waals surface area contributed by atoms with E-state index in [1.807, 2.05) is 115 Å². The van der Waals surface area contributed by atoms with Crippen molar-refractivity contribution in [2.24, 2.45) is 11.0 Å². The zero-order chi connectivity index (χ0) is 29.6. The molecule has 0 N–H and O–H groups in total. The smallest absolute Gasteiger partial charge is 0.331 e. The summed E-state index contributed by atoms with van der Waals surface area (Å²) in [4.78, 5) is 13.5. The van der Waals surface area contributed by atoms with E-state index in [2.05, 4.69) is 15.9 Å². The highest BCUT2D eigenvalue weighted by atomic mass is 79.9. The van der Waals surface area contributed by atoms with E-state index in [1.165, 1.54) is 7.11 Å². The standard InChI is InChI=1S/C35H33BrN2O5/c1-40-35(39)31-29-30(37-38(31)28-19-17-27(36)18-20-28)33(42-22-25-13-7-3-8-14-25)34(43-23-26-15-9-4-10-16-26)32(29)41-21-24-11-5-2-6-12-24/h2-20,29,31-34H,21-23H2,1H3/t29-,31-,32+,33-,34-/m0/s1. The minimum atomic E-state index is -0.755. The molecule has 220 valence electrons. The number of fused-ring (bicyclic) bond motifs is 1. The molecule has 0 spiro atoms. The summed E-state index contributed by atoms with van der Waals surface area (Å²) in [6, 6.07) is 36.9. The summed E-state index contributed by atoms with van der Waals surface area (Å²) in [6.45, 7) is 1.06. The molecule has 4 aromatic carbocycles. The maximum absolute atomic E-state index is 13.5. The lowest BCUT2D eigenvalue weighted by Crippen LogP contribution is -2.47. The Balaban J connectivity index is 1.39. The van der Waals surface area contributed by atoms with Gasteiger partial charge < -0.3 is 18.9 Å². The van der Waals surface area contributed by atoms with Crippen molar-refractivity contribution in [3.8, 4) is 0 Å². The van der Waals surface area contributed by atoms with Gasteiger partial charge in [-0.25, -0.2) is 4.79 Å². The van der Waals surface area contributed by atoms with E-state index in [1.54, 1.807) is 5.01 Å². The molecule has 7 nitrogen and oxygen atoms in total. The number of hydrazone groups is 1. The largest absolute Gasteiger partial charge is 0.467 e. The highest BCUT2D eigenvalue weighted by Gasteiger charge is 2.60. The van der Waals surface area contributed by atoms with Gasteiger partial charge in [-0.15, -0.1) is 0 Å². The van der Waals surface area contributed by atoms with Gasteiger partial charge in [0.1, 0.15) is 12.2 Å². The van der Waals surface area contributed by atoms with Crippen LogP contribution in [0.5, 0.6) is 0 Å². The van der Waals surface area contributed by atoms with Crippen molar-refractivity contribution in [2.45, 2.75) is 44.2 Å². The minimum absolute atomic E-state index is 0.345. The quantitative estimate of drug-likeness (QED) is 0.173. The maximum Gasteiger partial charge on any atom is 0.331 e. The molecule has 0 aromatic heterocycles. The summed E-state index contributed by atoms with van der Waals surface area (Å²) in [6.07, 6.45) is -1.61. The topological polar surface area (TPSA) is 69.6 Å². The van der Waals surface area contributed by atoms with E-state index < -0.39 is 36.2 Å². The number of carbonyl (C=O) groups is 1. The molecule has 0 bridgehead atoms. The van der Waals surface area contributed by atoms with Gasteiger partial charge in [0.2, 0.25) is 0 Å². The fourth-order valence-electron chi connectivity index (χ4n) is 5.74.